The van der Waals surface area contributed by atoms with Gasteiger partial charge >= 0.3 is 6.18 Å². The second-order valence-electron chi connectivity index (χ2n) is 3.71. The quantitative estimate of drug-likeness (QED) is 0.804. The lowest BCUT2D eigenvalue weighted by atomic mass is 10.1. The summed E-state index contributed by atoms with van der Waals surface area (Å²) < 4.78 is 35.6. The van der Waals surface area contributed by atoms with Crippen LogP contribution in [-0.4, -0.2) is 18.6 Å². The first-order valence-electron chi connectivity index (χ1n) is 5.00. The van der Waals surface area contributed by atoms with Gasteiger partial charge in [-0.1, -0.05) is 6.07 Å². The molecule has 0 heterocycles. The van der Waals surface area contributed by atoms with Gasteiger partial charge in [0.25, 0.3) is 5.91 Å². The van der Waals surface area contributed by atoms with Crippen LogP contribution in [0.25, 0.3) is 0 Å². The van der Waals surface area contributed by atoms with Crippen molar-refractivity contribution in [1.29, 1.82) is 0 Å². The zero-order valence-electron chi connectivity index (χ0n) is 9.27. The molecule has 0 aliphatic rings. The molecule has 0 aromatic heterocycles. The molecule has 0 fully saturated rings. The Morgan fingerprint density at radius 3 is 2.59 bits per heavy atom. The van der Waals surface area contributed by atoms with Crippen LogP contribution in [0.2, 0.25) is 0 Å². The summed E-state index contributed by atoms with van der Waals surface area (Å²) in [5, 5.41) is 2.18. The van der Waals surface area contributed by atoms with Crippen molar-refractivity contribution in [2.45, 2.75) is 19.5 Å². The van der Waals surface area contributed by atoms with Crippen LogP contribution in [0.4, 0.5) is 18.9 Å². The van der Waals surface area contributed by atoms with Crippen molar-refractivity contribution in [3.05, 3.63) is 29.3 Å². The largest absolute Gasteiger partial charge is 0.398 e. The Balaban J connectivity index is 2.59. The molecule has 0 saturated carbocycles. The highest BCUT2D eigenvalue weighted by molar-refractivity contribution is 5.99. The second-order valence-corrected chi connectivity index (χ2v) is 3.71. The Bertz CT molecular complexity index is 416. The number of aryl methyl sites for hydroxylation is 1. The van der Waals surface area contributed by atoms with E-state index in [4.69, 9.17) is 5.73 Å². The van der Waals surface area contributed by atoms with Gasteiger partial charge in [-0.3, -0.25) is 4.79 Å². The van der Waals surface area contributed by atoms with Crippen molar-refractivity contribution in [3.63, 3.8) is 0 Å². The number of nitrogens with two attached hydrogens (primary N) is 1. The van der Waals surface area contributed by atoms with Crippen LogP contribution >= 0.6 is 0 Å². The molecule has 0 saturated heterocycles. The molecule has 0 spiro atoms. The maximum atomic E-state index is 11.9. The summed E-state index contributed by atoms with van der Waals surface area (Å²) in [5.41, 5.74) is 6.93. The number of nitrogen functional groups attached to an aromatic ring is 1. The molecule has 1 aromatic rings. The minimum absolute atomic E-state index is 0.192. The van der Waals surface area contributed by atoms with Gasteiger partial charge in [0.1, 0.15) is 0 Å². The average molecular weight is 246 g/mol. The second kappa shape index (κ2) is 5.07. The highest BCUT2D eigenvalue weighted by Crippen LogP contribution is 2.18. The third-order valence-corrected chi connectivity index (χ3v) is 2.15. The summed E-state index contributed by atoms with van der Waals surface area (Å²) in [7, 11) is 0. The molecule has 94 valence electrons. The summed E-state index contributed by atoms with van der Waals surface area (Å²) in [6, 6.07) is 4.77. The normalized spacial score (nSPS) is 11.3. The summed E-state index contributed by atoms with van der Waals surface area (Å²) >= 11 is 0. The Labute approximate surface area is 96.8 Å². The minimum atomic E-state index is -4.27. The minimum Gasteiger partial charge on any atom is -0.398 e. The SMILES string of the molecule is Cc1ccc(C(=O)NCCC(F)(F)F)c(N)c1. The molecule has 1 rings (SSSR count). The van der Waals surface area contributed by atoms with Gasteiger partial charge in [0.05, 0.1) is 12.0 Å². The molecule has 17 heavy (non-hydrogen) atoms. The molecule has 1 amide bonds. The number of anilines is 1. The van der Waals surface area contributed by atoms with Crippen molar-refractivity contribution in [3.8, 4) is 0 Å². The molecule has 3 nitrogen and oxygen atoms in total. The first-order chi connectivity index (χ1) is 7.79. The van der Waals surface area contributed by atoms with Gasteiger partial charge in [-0.2, -0.15) is 13.2 Å². The number of halogens is 3. The van der Waals surface area contributed by atoms with E-state index >= 15 is 0 Å². The summed E-state index contributed by atoms with van der Waals surface area (Å²) in [5.74, 6) is -0.591. The predicted octanol–water partition coefficient (Wildman–Crippen LogP) is 2.26. The number of hydrogen-bond donors (Lipinski definition) is 2. The van der Waals surface area contributed by atoms with E-state index in [-0.39, 0.29) is 11.3 Å². The van der Waals surface area contributed by atoms with Crippen molar-refractivity contribution >= 4 is 11.6 Å². The predicted molar refractivity (Wildman–Crippen MR) is 58.6 cm³/mol. The highest BCUT2D eigenvalue weighted by Gasteiger charge is 2.26. The van der Waals surface area contributed by atoms with Crippen LogP contribution in [0.5, 0.6) is 0 Å². The first-order valence-corrected chi connectivity index (χ1v) is 5.00. The molecule has 3 N–H and O–H groups in total. The van der Waals surface area contributed by atoms with Crippen molar-refractivity contribution < 1.29 is 18.0 Å². The molecular formula is C11H13F3N2O. The Hall–Kier alpha value is -1.72. The van der Waals surface area contributed by atoms with E-state index < -0.39 is 25.0 Å². The topological polar surface area (TPSA) is 55.1 Å². The van der Waals surface area contributed by atoms with Gasteiger partial charge in [-0.15, -0.1) is 0 Å². The standard InChI is InChI=1S/C11H13F3N2O/c1-7-2-3-8(9(15)6-7)10(17)16-5-4-11(12,13)14/h2-3,6H,4-5,15H2,1H3,(H,16,17). The maximum absolute atomic E-state index is 11.9. The van der Waals surface area contributed by atoms with Crippen molar-refractivity contribution in [1.82, 2.24) is 5.32 Å². The molecule has 0 radical (unpaired) electrons. The third kappa shape index (κ3) is 4.34. The molecule has 0 unspecified atom stereocenters. The number of carbonyl (C=O) groups is 1. The number of hydrogen-bond acceptors (Lipinski definition) is 2. The van der Waals surface area contributed by atoms with E-state index in [0.717, 1.165) is 5.56 Å². The van der Waals surface area contributed by atoms with Crippen LogP contribution in [0.15, 0.2) is 18.2 Å². The van der Waals surface area contributed by atoms with E-state index in [2.05, 4.69) is 5.32 Å². The van der Waals surface area contributed by atoms with Crippen LogP contribution in [0, 0.1) is 6.92 Å². The van der Waals surface area contributed by atoms with E-state index in [1.54, 1.807) is 12.1 Å². The average Bonchev–Trinajstić information content (AvgIpc) is 2.15. The van der Waals surface area contributed by atoms with Crippen LogP contribution in [0.3, 0.4) is 0 Å². The fourth-order valence-electron chi connectivity index (χ4n) is 1.30. The number of amides is 1. The number of alkyl halides is 3. The van der Waals surface area contributed by atoms with Gasteiger partial charge in [0.2, 0.25) is 0 Å². The highest BCUT2D eigenvalue weighted by atomic mass is 19.4. The molecule has 0 aliphatic heterocycles. The summed E-state index contributed by atoms with van der Waals surface area (Å²) in [6.45, 7) is 1.36. The molecule has 0 aliphatic carbocycles. The van der Waals surface area contributed by atoms with Crippen molar-refractivity contribution in [2.24, 2.45) is 0 Å². The zero-order chi connectivity index (χ0) is 13.1. The lowest BCUT2D eigenvalue weighted by Gasteiger charge is -2.09. The molecule has 1 aromatic carbocycles. The van der Waals surface area contributed by atoms with E-state index in [0.29, 0.717) is 0 Å². The summed E-state index contributed by atoms with van der Waals surface area (Å²) in [4.78, 5) is 11.5. The van der Waals surface area contributed by atoms with Crippen molar-refractivity contribution in [2.75, 3.05) is 12.3 Å². The lowest BCUT2D eigenvalue weighted by molar-refractivity contribution is -0.132. The number of rotatable bonds is 3. The monoisotopic (exact) mass is 246 g/mol. The maximum Gasteiger partial charge on any atom is 0.390 e. The van der Waals surface area contributed by atoms with E-state index in [1.807, 2.05) is 6.92 Å². The zero-order valence-corrected chi connectivity index (χ0v) is 9.27. The molecule has 0 bridgehead atoms. The van der Waals surface area contributed by atoms with Crippen LogP contribution in [0.1, 0.15) is 22.3 Å². The smallest absolute Gasteiger partial charge is 0.390 e. The van der Waals surface area contributed by atoms with Crippen LogP contribution < -0.4 is 11.1 Å². The van der Waals surface area contributed by atoms with Gasteiger partial charge in [0.15, 0.2) is 0 Å². The number of nitrogens with one attached hydrogen (secondary N) is 1. The fourth-order valence-corrected chi connectivity index (χ4v) is 1.30. The van der Waals surface area contributed by atoms with Crippen LogP contribution in [-0.2, 0) is 0 Å². The fraction of sp³-hybridized carbons (Fsp3) is 0.364. The van der Waals surface area contributed by atoms with Gasteiger partial charge in [0, 0.05) is 12.2 Å². The van der Waals surface area contributed by atoms with E-state index in [9.17, 15) is 18.0 Å². The Kier molecular flexibility index (Phi) is 3.98. The number of benzene rings is 1. The number of carbonyl (C=O) groups excluding carboxylic acids is 1. The van der Waals surface area contributed by atoms with Gasteiger partial charge < -0.3 is 11.1 Å². The lowest BCUT2D eigenvalue weighted by Crippen LogP contribution is -2.28. The first kappa shape index (κ1) is 13.3. The van der Waals surface area contributed by atoms with Gasteiger partial charge in [-0.05, 0) is 24.6 Å². The van der Waals surface area contributed by atoms with E-state index in [1.165, 1.54) is 6.07 Å². The van der Waals surface area contributed by atoms with Gasteiger partial charge in [-0.25, -0.2) is 0 Å². The Morgan fingerprint density at radius 2 is 2.06 bits per heavy atom. The molecular weight excluding hydrogens is 233 g/mol. The third-order valence-electron chi connectivity index (χ3n) is 2.15. The summed E-state index contributed by atoms with van der Waals surface area (Å²) in [6.07, 6.45) is -5.32. The molecule has 6 heteroatoms. The molecule has 0 atom stereocenters. The Morgan fingerprint density at radius 1 is 1.41 bits per heavy atom.